The first-order valence-electron chi connectivity index (χ1n) is 13.3. The van der Waals surface area contributed by atoms with Crippen molar-refractivity contribution in [1.82, 2.24) is 5.32 Å². The Kier molecular flexibility index (Phi) is 13.4. The number of Topliss-reactive ketones (excluding diaryl/α,β-unsaturated/α-hetero) is 1. The van der Waals surface area contributed by atoms with Crippen molar-refractivity contribution in [1.29, 1.82) is 0 Å². The molecule has 1 unspecified atom stereocenters. The second kappa shape index (κ2) is 15.4. The van der Waals surface area contributed by atoms with Crippen molar-refractivity contribution < 1.29 is 47.7 Å². The maximum absolute atomic E-state index is 13.2. The van der Waals surface area contributed by atoms with Crippen molar-refractivity contribution in [2.45, 2.75) is 118 Å². The maximum atomic E-state index is 13.2. The van der Waals surface area contributed by atoms with E-state index in [-0.39, 0.29) is 31.1 Å². The second-order valence-electron chi connectivity index (χ2n) is 10.8. The minimum absolute atomic E-state index is 0.0210. The van der Waals surface area contributed by atoms with Gasteiger partial charge in [-0.05, 0) is 44.9 Å². The van der Waals surface area contributed by atoms with Crippen LogP contribution < -0.4 is 5.32 Å². The highest BCUT2D eigenvalue weighted by Gasteiger charge is 2.36. The van der Waals surface area contributed by atoms with Gasteiger partial charge in [0, 0.05) is 5.92 Å². The normalized spacial score (nSPS) is 28.0. The highest BCUT2D eigenvalue weighted by Crippen LogP contribution is 2.18. The van der Waals surface area contributed by atoms with Gasteiger partial charge >= 0.3 is 23.9 Å². The Morgan fingerprint density at radius 2 is 1.39 bits per heavy atom. The molecule has 38 heavy (non-hydrogen) atoms. The first kappa shape index (κ1) is 33.0. The second-order valence-corrected chi connectivity index (χ2v) is 10.8. The monoisotopic (exact) mass is 541 g/mol. The number of hydrogen-bond acceptors (Lipinski definition) is 10. The van der Waals surface area contributed by atoms with E-state index < -0.39 is 78.4 Å². The zero-order chi connectivity index (χ0) is 29.2. The molecule has 6 atom stereocenters. The van der Waals surface area contributed by atoms with Crippen LogP contribution in [-0.2, 0) is 47.7 Å². The molecule has 0 aromatic carbocycles. The number of ketones is 1. The Hall–Kier alpha value is -2.98. The SMILES string of the molecule is CCC(C)[C@@H]1OC(=O)[C@H](C)OC(=O)C[C@@H](C)OC(=O)[C@H](CC(C)C)OC(=O)CC(=O)[C@H](CC(C)C)NC1=O. The van der Waals surface area contributed by atoms with Gasteiger partial charge in [-0.1, -0.05) is 41.5 Å². The van der Waals surface area contributed by atoms with Crippen molar-refractivity contribution in [3.63, 3.8) is 0 Å². The summed E-state index contributed by atoms with van der Waals surface area (Å²) in [5, 5.41) is 2.62. The van der Waals surface area contributed by atoms with Crippen LogP contribution in [0, 0.1) is 17.8 Å². The summed E-state index contributed by atoms with van der Waals surface area (Å²) < 4.78 is 21.2. The third-order valence-electron chi connectivity index (χ3n) is 6.03. The van der Waals surface area contributed by atoms with Gasteiger partial charge < -0.3 is 24.3 Å². The fourth-order valence-corrected chi connectivity index (χ4v) is 3.79. The first-order valence-corrected chi connectivity index (χ1v) is 13.3. The lowest BCUT2D eigenvalue weighted by Gasteiger charge is -2.27. The molecule has 1 saturated heterocycles. The van der Waals surface area contributed by atoms with Gasteiger partial charge in [-0.25, -0.2) is 9.59 Å². The maximum Gasteiger partial charge on any atom is 0.347 e. The summed E-state index contributed by atoms with van der Waals surface area (Å²) in [6, 6.07) is -1.05. The molecule has 11 heteroatoms. The summed E-state index contributed by atoms with van der Waals surface area (Å²) in [6.07, 6.45) is -5.00. The first-order chi connectivity index (χ1) is 17.6. The highest BCUT2D eigenvalue weighted by molar-refractivity contribution is 6.01. The zero-order valence-electron chi connectivity index (χ0n) is 23.7. The molecule has 1 aliphatic heterocycles. The molecule has 11 nitrogen and oxygen atoms in total. The summed E-state index contributed by atoms with van der Waals surface area (Å²) >= 11 is 0. The molecule has 216 valence electrons. The highest BCUT2D eigenvalue weighted by atomic mass is 16.6. The van der Waals surface area contributed by atoms with Crippen molar-refractivity contribution >= 4 is 35.6 Å². The molecule has 0 aromatic rings. The lowest BCUT2D eigenvalue weighted by Crippen LogP contribution is -2.50. The summed E-state index contributed by atoms with van der Waals surface area (Å²) in [5.41, 5.74) is 0. The van der Waals surface area contributed by atoms with Crippen LogP contribution in [-0.4, -0.2) is 66.0 Å². The van der Waals surface area contributed by atoms with Crippen molar-refractivity contribution in [3.8, 4) is 0 Å². The summed E-state index contributed by atoms with van der Waals surface area (Å²) in [5.74, 6) is -5.34. The van der Waals surface area contributed by atoms with Crippen LogP contribution in [0.3, 0.4) is 0 Å². The van der Waals surface area contributed by atoms with Gasteiger partial charge in [0.25, 0.3) is 5.91 Å². The Morgan fingerprint density at radius 3 is 1.95 bits per heavy atom. The van der Waals surface area contributed by atoms with E-state index in [0.29, 0.717) is 6.42 Å². The standard InChI is InChI=1S/C27H43NO10/c1-9-16(6)24-25(32)28-19(10-14(2)3)20(29)13-23(31)37-21(11-15(4)5)27(34)35-17(7)12-22(30)36-18(8)26(33)38-24/h14-19,21,24H,9-13H2,1-8H3,(H,28,32)/t16?,17-,18+,19+,21+,24+/m1/s1. The molecule has 0 saturated carbocycles. The summed E-state index contributed by atoms with van der Waals surface area (Å²) in [7, 11) is 0. The van der Waals surface area contributed by atoms with Crippen molar-refractivity contribution in [2.75, 3.05) is 0 Å². The predicted octanol–water partition coefficient (Wildman–Crippen LogP) is 2.66. The molecule has 1 heterocycles. The molecule has 0 aliphatic carbocycles. The fraction of sp³-hybridized carbons (Fsp3) is 0.778. The number of ether oxygens (including phenoxy) is 4. The van der Waals surface area contributed by atoms with E-state index in [4.69, 9.17) is 18.9 Å². The topological polar surface area (TPSA) is 151 Å². The molecule has 0 spiro atoms. The number of nitrogens with one attached hydrogen (secondary N) is 1. The van der Waals surface area contributed by atoms with Crippen LogP contribution in [0.2, 0.25) is 0 Å². The van der Waals surface area contributed by atoms with Crippen LogP contribution in [0.1, 0.15) is 87.5 Å². The molecular weight excluding hydrogens is 498 g/mol. The Morgan fingerprint density at radius 1 is 0.789 bits per heavy atom. The van der Waals surface area contributed by atoms with Gasteiger partial charge in [-0.15, -0.1) is 0 Å². The molecule has 1 amide bonds. The van der Waals surface area contributed by atoms with E-state index in [2.05, 4.69) is 5.32 Å². The van der Waals surface area contributed by atoms with Gasteiger partial charge in [-0.2, -0.15) is 0 Å². The van der Waals surface area contributed by atoms with E-state index in [1.54, 1.807) is 6.92 Å². The van der Waals surface area contributed by atoms with E-state index in [1.807, 2.05) is 34.6 Å². The van der Waals surface area contributed by atoms with Crippen LogP contribution in [0.4, 0.5) is 0 Å². The number of hydrogen-bond donors (Lipinski definition) is 1. The smallest absolute Gasteiger partial charge is 0.347 e. The predicted molar refractivity (Wildman–Crippen MR) is 135 cm³/mol. The Balaban J connectivity index is 3.35. The number of carbonyl (C=O) groups is 6. The van der Waals surface area contributed by atoms with E-state index in [0.717, 1.165) is 0 Å². The summed E-state index contributed by atoms with van der Waals surface area (Å²) in [6.45, 7) is 13.6. The third kappa shape index (κ3) is 11.2. The molecule has 1 N–H and O–H groups in total. The zero-order valence-corrected chi connectivity index (χ0v) is 23.7. The van der Waals surface area contributed by atoms with E-state index in [1.165, 1.54) is 13.8 Å². The Bertz CT molecular complexity index is 868. The average Bonchev–Trinajstić information content (AvgIpc) is 2.79. The minimum Gasteiger partial charge on any atom is -0.459 e. The van der Waals surface area contributed by atoms with Gasteiger partial charge in [-0.3, -0.25) is 19.2 Å². The van der Waals surface area contributed by atoms with Crippen molar-refractivity contribution in [3.05, 3.63) is 0 Å². The molecule has 0 bridgehead atoms. The number of rotatable bonds is 6. The molecule has 0 aromatic heterocycles. The van der Waals surface area contributed by atoms with Gasteiger partial charge in [0.15, 0.2) is 24.1 Å². The lowest BCUT2D eigenvalue weighted by atomic mass is 9.96. The molecule has 1 fully saturated rings. The van der Waals surface area contributed by atoms with Gasteiger partial charge in [0.2, 0.25) is 0 Å². The fourth-order valence-electron chi connectivity index (χ4n) is 3.79. The number of esters is 4. The van der Waals surface area contributed by atoms with E-state index in [9.17, 15) is 28.8 Å². The van der Waals surface area contributed by atoms with Crippen LogP contribution in [0.25, 0.3) is 0 Å². The van der Waals surface area contributed by atoms with Gasteiger partial charge in [0.05, 0.1) is 12.5 Å². The third-order valence-corrected chi connectivity index (χ3v) is 6.03. The average molecular weight is 542 g/mol. The molecule has 1 rings (SSSR count). The number of cyclic esters (lactones) is 4. The molecule has 0 radical (unpaired) electrons. The van der Waals surface area contributed by atoms with Crippen LogP contribution >= 0.6 is 0 Å². The summed E-state index contributed by atoms with van der Waals surface area (Å²) in [4.78, 5) is 76.7. The molecular formula is C27H43NO10. The largest absolute Gasteiger partial charge is 0.459 e. The van der Waals surface area contributed by atoms with Crippen molar-refractivity contribution in [2.24, 2.45) is 17.8 Å². The van der Waals surface area contributed by atoms with E-state index >= 15 is 0 Å². The minimum atomic E-state index is -1.33. The number of carbonyl (C=O) groups excluding carboxylic acids is 6. The van der Waals surface area contributed by atoms with Crippen LogP contribution in [0.15, 0.2) is 0 Å². The quantitative estimate of drug-likeness (QED) is 0.302. The molecule has 1 aliphatic rings. The van der Waals surface area contributed by atoms with Crippen LogP contribution in [0.5, 0.6) is 0 Å². The van der Waals surface area contributed by atoms with Gasteiger partial charge in [0.1, 0.15) is 12.5 Å². The Labute approximate surface area is 224 Å². The lowest BCUT2D eigenvalue weighted by molar-refractivity contribution is -0.178. The number of amides is 1.